The molecule has 0 heterocycles. The van der Waals surface area contributed by atoms with Crippen LogP contribution < -0.4 is 0 Å². The molecule has 0 amide bonds. The van der Waals surface area contributed by atoms with Crippen LogP contribution in [-0.4, -0.2) is 0 Å². The van der Waals surface area contributed by atoms with E-state index in [1.807, 2.05) is 0 Å². The van der Waals surface area contributed by atoms with Gasteiger partial charge in [-0.05, 0) is 77.3 Å². The Morgan fingerprint density at radius 1 is 0.677 bits per heavy atom. The van der Waals surface area contributed by atoms with Gasteiger partial charge in [-0.1, -0.05) is 112 Å². The first-order valence-corrected chi connectivity index (χ1v) is 12.6. The SMILES string of the molecule is CCCCCC1CCC(c2ccc(-c3ccc(CC)cc3-c3ccccc3)cc2)CC1. The average Bonchev–Trinajstić information content (AvgIpc) is 2.85. The summed E-state index contributed by atoms with van der Waals surface area (Å²) in [7, 11) is 0. The van der Waals surface area contributed by atoms with Gasteiger partial charge in [0.05, 0.1) is 0 Å². The molecule has 0 saturated heterocycles. The molecule has 0 atom stereocenters. The van der Waals surface area contributed by atoms with Gasteiger partial charge in [-0.2, -0.15) is 0 Å². The van der Waals surface area contributed by atoms with Crippen molar-refractivity contribution in [3.8, 4) is 22.3 Å². The Balaban J connectivity index is 1.49. The molecule has 1 aliphatic carbocycles. The van der Waals surface area contributed by atoms with E-state index in [9.17, 15) is 0 Å². The lowest BCUT2D eigenvalue weighted by Crippen LogP contribution is -2.13. The van der Waals surface area contributed by atoms with Gasteiger partial charge in [0.15, 0.2) is 0 Å². The summed E-state index contributed by atoms with van der Waals surface area (Å²) in [5.74, 6) is 1.74. The van der Waals surface area contributed by atoms with E-state index in [1.54, 1.807) is 5.56 Å². The van der Waals surface area contributed by atoms with Gasteiger partial charge in [0.2, 0.25) is 0 Å². The van der Waals surface area contributed by atoms with Crippen LogP contribution in [0.4, 0.5) is 0 Å². The predicted octanol–water partition coefficient (Wildman–Crippen LogP) is 9.44. The zero-order chi connectivity index (χ0) is 21.5. The van der Waals surface area contributed by atoms with Crippen molar-refractivity contribution in [3.63, 3.8) is 0 Å². The van der Waals surface area contributed by atoms with Gasteiger partial charge in [-0.15, -0.1) is 0 Å². The molecule has 0 aliphatic heterocycles. The van der Waals surface area contributed by atoms with E-state index in [1.165, 1.54) is 79.2 Å². The third-order valence-electron chi connectivity index (χ3n) is 7.33. The predicted molar refractivity (Wildman–Crippen MR) is 136 cm³/mol. The second-order valence-electron chi connectivity index (χ2n) is 9.43. The Morgan fingerprint density at radius 3 is 2.06 bits per heavy atom. The van der Waals surface area contributed by atoms with E-state index in [4.69, 9.17) is 0 Å². The van der Waals surface area contributed by atoms with Gasteiger partial charge in [0, 0.05) is 0 Å². The van der Waals surface area contributed by atoms with Crippen LogP contribution in [0.1, 0.15) is 82.3 Å². The fourth-order valence-electron chi connectivity index (χ4n) is 5.32. The molecule has 0 radical (unpaired) electrons. The van der Waals surface area contributed by atoms with Crippen LogP contribution in [0.25, 0.3) is 22.3 Å². The van der Waals surface area contributed by atoms with Crippen LogP contribution in [0, 0.1) is 5.92 Å². The number of rotatable bonds is 8. The zero-order valence-corrected chi connectivity index (χ0v) is 19.4. The Labute approximate surface area is 189 Å². The molecule has 162 valence electrons. The standard InChI is InChI=1S/C31H38/c1-3-5-7-10-25-13-16-26(17-14-25)27-18-20-29(21-19-27)30-22-15-24(4-2)23-31(30)28-11-8-6-9-12-28/h6,8-9,11-12,15,18-23,25-26H,3-5,7,10,13-14,16-17H2,1-2H3. The lowest BCUT2D eigenvalue weighted by molar-refractivity contribution is 0.303. The van der Waals surface area contributed by atoms with Gasteiger partial charge >= 0.3 is 0 Å². The second kappa shape index (κ2) is 10.8. The minimum Gasteiger partial charge on any atom is -0.0654 e. The molecular weight excluding hydrogens is 372 g/mol. The number of aryl methyl sites for hydroxylation is 1. The molecule has 4 rings (SSSR count). The first-order chi connectivity index (χ1) is 15.3. The Hall–Kier alpha value is -2.34. The van der Waals surface area contributed by atoms with Crippen LogP contribution >= 0.6 is 0 Å². The van der Waals surface area contributed by atoms with Crippen LogP contribution in [0.2, 0.25) is 0 Å². The molecule has 1 saturated carbocycles. The lowest BCUT2D eigenvalue weighted by atomic mass is 9.77. The fraction of sp³-hybridized carbons (Fsp3) is 0.419. The smallest absolute Gasteiger partial charge is 0.0103 e. The molecule has 3 aromatic carbocycles. The lowest BCUT2D eigenvalue weighted by Gasteiger charge is -2.29. The molecule has 3 aromatic rings. The van der Waals surface area contributed by atoms with Gasteiger partial charge in [-0.3, -0.25) is 0 Å². The van der Waals surface area contributed by atoms with Crippen molar-refractivity contribution in [2.24, 2.45) is 5.92 Å². The van der Waals surface area contributed by atoms with Gasteiger partial charge in [-0.25, -0.2) is 0 Å². The average molecular weight is 411 g/mol. The van der Waals surface area contributed by atoms with Crippen molar-refractivity contribution < 1.29 is 0 Å². The van der Waals surface area contributed by atoms with Crippen LogP contribution in [-0.2, 0) is 6.42 Å². The van der Waals surface area contributed by atoms with Gasteiger partial charge < -0.3 is 0 Å². The molecule has 0 N–H and O–H groups in total. The Kier molecular flexibility index (Phi) is 7.62. The van der Waals surface area contributed by atoms with E-state index < -0.39 is 0 Å². The summed E-state index contributed by atoms with van der Waals surface area (Å²) in [6.07, 6.45) is 12.3. The molecule has 0 heteroatoms. The highest BCUT2D eigenvalue weighted by Gasteiger charge is 2.22. The number of hydrogen-bond acceptors (Lipinski definition) is 0. The Morgan fingerprint density at radius 2 is 1.39 bits per heavy atom. The largest absolute Gasteiger partial charge is 0.0654 e. The van der Waals surface area contributed by atoms with E-state index in [2.05, 4.69) is 86.6 Å². The van der Waals surface area contributed by atoms with Crippen LogP contribution in [0.5, 0.6) is 0 Å². The third kappa shape index (κ3) is 5.48. The van der Waals surface area contributed by atoms with E-state index in [-0.39, 0.29) is 0 Å². The normalized spacial score (nSPS) is 18.8. The number of hydrogen-bond donors (Lipinski definition) is 0. The highest BCUT2D eigenvalue weighted by molar-refractivity contribution is 5.84. The monoisotopic (exact) mass is 410 g/mol. The van der Waals surface area contributed by atoms with Crippen molar-refractivity contribution in [1.82, 2.24) is 0 Å². The van der Waals surface area contributed by atoms with Crippen molar-refractivity contribution >= 4 is 0 Å². The summed E-state index contributed by atoms with van der Waals surface area (Å²) in [6.45, 7) is 4.54. The van der Waals surface area contributed by atoms with E-state index >= 15 is 0 Å². The van der Waals surface area contributed by atoms with Crippen molar-refractivity contribution in [3.05, 3.63) is 83.9 Å². The first-order valence-electron chi connectivity index (χ1n) is 12.6. The summed E-state index contributed by atoms with van der Waals surface area (Å²) in [5, 5.41) is 0. The summed E-state index contributed by atoms with van der Waals surface area (Å²) in [4.78, 5) is 0. The molecule has 0 spiro atoms. The third-order valence-corrected chi connectivity index (χ3v) is 7.33. The molecule has 0 unspecified atom stereocenters. The Bertz CT molecular complexity index is 928. The molecule has 0 aromatic heterocycles. The summed E-state index contributed by atoms with van der Waals surface area (Å²) >= 11 is 0. The van der Waals surface area contributed by atoms with Gasteiger partial charge in [0.1, 0.15) is 0 Å². The molecule has 1 fully saturated rings. The fourth-order valence-corrected chi connectivity index (χ4v) is 5.32. The minimum absolute atomic E-state index is 0.757. The maximum absolute atomic E-state index is 2.40. The summed E-state index contributed by atoms with van der Waals surface area (Å²) in [6, 6.07) is 27.3. The van der Waals surface area contributed by atoms with Crippen LogP contribution in [0.3, 0.4) is 0 Å². The maximum atomic E-state index is 2.40. The van der Waals surface area contributed by atoms with Crippen molar-refractivity contribution in [1.29, 1.82) is 0 Å². The van der Waals surface area contributed by atoms with Crippen molar-refractivity contribution in [2.75, 3.05) is 0 Å². The highest BCUT2D eigenvalue weighted by atomic mass is 14.3. The van der Waals surface area contributed by atoms with Crippen LogP contribution in [0.15, 0.2) is 72.8 Å². The molecular formula is C31H38. The number of benzene rings is 3. The number of unbranched alkanes of at least 4 members (excludes halogenated alkanes) is 2. The molecule has 1 aliphatic rings. The van der Waals surface area contributed by atoms with E-state index in [0.29, 0.717) is 0 Å². The molecule has 0 nitrogen and oxygen atoms in total. The zero-order valence-electron chi connectivity index (χ0n) is 19.4. The van der Waals surface area contributed by atoms with E-state index in [0.717, 1.165) is 18.3 Å². The quantitative estimate of drug-likeness (QED) is 0.324. The topological polar surface area (TPSA) is 0 Å². The maximum Gasteiger partial charge on any atom is -0.0103 e. The molecule has 0 bridgehead atoms. The van der Waals surface area contributed by atoms with Crippen molar-refractivity contribution in [2.45, 2.75) is 77.6 Å². The first kappa shape index (κ1) is 21.9. The summed E-state index contributed by atoms with van der Waals surface area (Å²) in [5.41, 5.74) is 8.27. The molecule has 31 heavy (non-hydrogen) atoms. The minimum atomic E-state index is 0.757. The second-order valence-corrected chi connectivity index (χ2v) is 9.43. The summed E-state index contributed by atoms with van der Waals surface area (Å²) < 4.78 is 0. The highest BCUT2D eigenvalue weighted by Crippen LogP contribution is 2.39. The van der Waals surface area contributed by atoms with Gasteiger partial charge in [0.25, 0.3) is 0 Å².